The summed E-state index contributed by atoms with van der Waals surface area (Å²) >= 11 is 0. The zero-order chi connectivity index (χ0) is 19.9. The molecule has 2 aliphatic rings. The second kappa shape index (κ2) is 6.54. The Labute approximate surface area is 163 Å². The first-order chi connectivity index (χ1) is 13.3. The monoisotopic (exact) mass is 378 g/mol. The summed E-state index contributed by atoms with van der Waals surface area (Å²) < 4.78 is 0. The first-order valence-electron chi connectivity index (χ1n) is 9.13. The van der Waals surface area contributed by atoms with Crippen LogP contribution < -0.4 is 10.0 Å². The van der Waals surface area contributed by atoms with Crippen LogP contribution in [-0.2, 0) is 4.79 Å². The summed E-state index contributed by atoms with van der Waals surface area (Å²) in [5.74, 6) is -0.756. The van der Waals surface area contributed by atoms with E-state index in [9.17, 15) is 15.0 Å². The summed E-state index contributed by atoms with van der Waals surface area (Å²) in [6, 6.07) is 17.9. The highest BCUT2D eigenvalue weighted by Gasteiger charge is 2.59. The highest BCUT2D eigenvalue weighted by molar-refractivity contribution is 6.08. The van der Waals surface area contributed by atoms with Crippen molar-refractivity contribution in [3.8, 4) is 0 Å². The molecule has 0 amide bonds. The molecule has 2 aliphatic heterocycles. The Morgan fingerprint density at radius 1 is 0.786 bits per heavy atom. The Bertz CT molecular complexity index is 883. The van der Waals surface area contributed by atoms with E-state index in [0.29, 0.717) is 22.8 Å². The minimum Gasteiger partial charge on any atom is -0.363 e. The smallest absolute Gasteiger partial charge is 0.241 e. The number of hydrogen-bond donors (Lipinski definition) is 2. The SMILES string of the molecule is CC1=NN(c2ccccc2)C(O)(C(=O)C2(O)CC(C)=NN2c2ccccc2)C1. The van der Waals surface area contributed by atoms with E-state index in [-0.39, 0.29) is 12.8 Å². The molecule has 2 unspecified atom stereocenters. The van der Waals surface area contributed by atoms with Crippen LogP contribution in [0.5, 0.6) is 0 Å². The van der Waals surface area contributed by atoms with E-state index in [1.54, 1.807) is 62.4 Å². The maximum Gasteiger partial charge on any atom is 0.241 e. The van der Waals surface area contributed by atoms with Crippen LogP contribution in [0.1, 0.15) is 26.7 Å². The van der Waals surface area contributed by atoms with E-state index in [0.717, 1.165) is 0 Å². The fourth-order valence-corrected chi connectivity index (χ4v) is 3.80. The van der Waals surface area contributed by atoms with Gasteiger partial charge in [0.1, 0.15) is 0 Å². The quantitative estimate of drug-likeness (QED) is 0.853. The van der Waals surface area contributed by atoms with Gasteiger partial charge in [0.2, 0.25) is 17.2 Å². The van der Waals surface area contributed by atoms with Crippen molar-refractivity contribution >= 4 is 28.6 Å². The summed E-state index contributed by atoms with van der Waals surface area (Å²) in [6.45, 7) is 3.49. The number of aliphatic hydroxyl groups is 2. The van der Waals surface area contributed by atoms with Crippen molar-refractivity contribution in [1.82, 2.24) is 0 Å². The number of hydrogen-bond acceptors (Lipinski definition) is 7. The molecule has 7 heteroatoms. The third-order valence-electron chi connectivity index (χ3n) is 4.98. The standard InChI is InChI=1S/C21H22N4O3/c1-15-13-20(27,24(22-15)17-9-5-3-6-10-17)19(26)21(28)14-16(2)23-25(21)18-11-7-4-8-12-18/h3-12,27-28H,13-14H2,1-2H3. The maximum absolute atomic E-state index is 13.6. The zero-order valence-electron chi connectivity index (χ0n) is 15.8. The topological polar surface area (TPSA) is 88.7 Å². The second-order valence-corrected chi connectivity index (χ2v) is 7.28. The van der Waals surface area contributed by atoms with Crippen molar-refractivity contribution in [2.45, 2.75) is 38.1 Å². The van der Waals surface area contributed by atoms with Crippen LogP contribution >= 0.6 is 0 Å². The number of para-hydroxylation sites is 2. The number of carbonyl (C=O) groups excluding carboxylic acids is 1. The van der Waals surface area contributed by atoms with Crippen LogP contribution in [0.3, 0.4) is 0 Å². The normalized spacial score (nSPS) is 27.0. The number of hydrazone groups is 2. The molecule has 0 bridgehead atoms. The summed E-state index contributed by atoms with van der Waals surface area (Å²) in [5, 5.41) is 34.2. The fraction of sp³-hybridized carbons (Fsp3) is 0.286. The average molecular weight is 378 g/mol. The van der Waals surface area contributed by atoms with Gasteiger partial charge in [0.05, 0.1) is 11.4 Å². The summed E-state index contributed by atoms with van der Waals surface area (Å²) in [6.07, 6.45) is 0.00936. The molecule has 28 heavy (non-hydrogen) atoms. The minimum atomic E-state index is -2.01. The summed E-state index contributed by atoms with van der Waals surface area (Å²) in [5.41, 5.74) is -1.67. The Hall–Kier alpha value is -3.03. The molecule has 7 nitrogen and oxygen atoms in total. The van der Waals surface area contributed by atoms with E-state index in [1.165, 1.54) is 10.0 Å². The predicted octanol–water partition coefficient (Wildman–Crippen LogP) is 2.51. The summed E-state index contributed by atoms with van der Waals surface area (Å²) in [4.78, 5) is 13.6. The second-order valence-electron chi connectivity index (χ2n) is 7.28. The Morgan fingerprint density at radius 2 is 1.14 bits per heavy atom. The number of nitrogens with zero attached hydrogens (tertiary/aromatic N) is 4. The fourth-order valence-electron chi connectivity index (χ4n) is 3.80. The number of carbonyl (C=O) groups is 1. The van der Waals surface area contributed by atoms with Gasteiger partial charge in [-0.1, -0.05) is 36.4 Å². The lowest BCUT2D eigenvalue weighted by molar-refractivity contribution is -0.154. The molecule has 0 saturated carbocycles. The van der Waals surface area contributed by atoms with Gasteiger partial charge in [-0.3, -0.25) is 4.79 Å². The molecule has 0 fully saturated rings. The molecule has 2 heterocycles. The van der Waals surface area contributed by atoms with Crippen LogP contribution in [0.2, 0.25) is 0 Å². The molecule has 2 aromatic rings. The van der Waals surface area contributed by atoms with Gasteiger partial charge in [0.15, 0.2) is 0 Å². The molecule has 0 aliphatic carbocycles. The molecule has 0 spiro atoms. The van der Waals surface area contributed by atoms with Crippen molar-refractivity contribution in [2.75, 3.05) is 10.0 Å². The maximum atomic E-state index is 13.6. The van der Waals surface area contributed by atoms with Crippen LogP contribution in [0, 0.1) is 0 Å². The molecule has 4 rings (SSSR count). The number of Topliss-reactive ketones (excluding diaryl/α,β-unsaturated/α-hetero) is 1. The predicted molar refractivity (Wildman–Crippen MR) is 108 cm³/mol. The molecule has 0 radical (unpaired) electrons. The molecular weight excluding hydrogens is 356 g/mol. The van der Waals surface area contributed by atoms with Gasteiger partial charge < -0.3 is 10.2 Å². The van der Waals surface area contributed by atoms with Crippen molar-refractivity contribution in [3.05, 3.63) is 60.7 Å². The molecule has 144 valence electrons. The van der Waals surface area contributed by atoms with Crippen molar-refractivity contribution < 1.29 is 15.0 Å². The van der Waals surface area contributed by atoms with Crippen molar-refractivity contribution in [1.29, 1.82) is 0 Å². The van der Waals surface area contributed by atoms with Gasteiger partial charge in [-0.15, -0.1) is 0 Å². The third-order valence-corrected chi connectivity index (χ3v) is 4.98. The van der Waals surface area contributed by atoms with Crippen LogP contribution in [0.4, 0.5) is 11.4 Å². The van der Waals surface area contributed by atoms with Gasteiger partial charge in [-0.2, -0.15) is 10.2 Å². The highest BCUT2D eigenvalue weighted by Crippen LogP contribution is 2.40. The first kappa shape index (κ1) is 18.3. The molecule has 0 aromatic heterocycles. The van der Waals surface area contributed by atoms with Crippen molar-refractivity contribution in [2.24, 2.45) is 10.2 Å². The van der Waals surface area contributed by atoms with Gasteiger partial charge >= 0.3 is 0 Å². The van der Waals surface area contributed by atoms with Crippen LogP contribution in [-0.4, -0.2) is 38.9 Å². The molecule has 2 atom stereocenters. The number of rotatable bonds is 4. The highest BCUT2D eigenvalue weighted by atomic mass is 16.4. The number of benzene rings is 2. The van der Waals surface area contributed by atoms with Gasteiger partial charge in [-0.25, -0.2) is 10.0 Å². The van der Waals surface area contributed by atoms with Gasteiger partial charge in [-0.05, 0) is 38.1 Å². The van der Waals surface area contributed by atoms with Crippen molar-refractivity contribution in [3.63, 3.8) is 0 Å². The Balaban J connectivity index is 1.75. The van der Waals surface area contributed by atoms with E-state index in [1.807, 2.05) is 12.1 Å². The lowest BCUT2D eigenvalue weighted by atomic mass is 9.90. The Kier molecular flexibility index (Phi) is 4.28. The Morgan fingerprint density at radius 3 is 1.50 bits per heavy atom. The first-order valence-corrected chi connectivity index (χ1v) is 9.13. The molecule has 2 aromatic carbocycles. The minimum absolute atomic E-state index is 0.00468. The summed E-state index contributed by atoms with van der Waals surface area (Å²) in [7, 11) is 0. The lowest BCUT2D eigenvalue weighted by Crippen LogP contribution is -2.63. The lowest BCUT2D eigenvalue weighted by Gasteiger charge is -2.39. The largest absolute Gasteiger partial charge is 0.363 e. The number of anilines is 2. The zero-order valence-corrected chi connectivity index (χ0v) is 15.8. The molecule has 0 saturated heterocycles. The van der Waals surface area contributed by atoms with E-state index >= 15 is 0 Å². The molecular formula is C21H22N4O3. The van der Waals surface area contributed by atoms with Crippen LogP contribution in [0.25, 0.3) is 0 Å². The van der Waals surface area contributed by atoms with E-state index in [4.69, 9.17) is 0 Å². The number of ketones is 1. The van der Waals surface area contributed by atoms with E-state index in [2.05, 4.69) is 10.2 Å². The third kappa shape index (κ3) is 2.80. The van der Waals surface area contributed by atoms with Crippen LogP contribution in [0.15, 0.2) is 70.9 Å². The van der Waals surface area contributed by atoms with Gasteiger partial charge in [0, 0.05) is 24.3 Å². The molecule has 2 N–H and O–H groups in total. The van der Waals surface area contributed by atoms with Gasteiger partial charge in [0.25, 0.3) is 0 Å². The average Bonchev–Trinajstić information content (AvgIpc) is 3.19. The van der Waals surface area contributed by atoms with E-state index < -0.39 is 17.2 Å².